The number of hydrogen-bond acceptors (Lipinski definition) is 4. The summed E-state index contributed by atoms with van der Waals surface area (Å²) in [6, 6.07) is 10.2. The molecule has 3 nitrogen and oxygen atoms in total. The van der Waals surface area contributed by atoms with Gasteiger partial charge in [-0.1, -0.05) is 35.5 Å². The summed E-state index contributed by atoms with van der Waals surface area (Å²) in [5.74, 6) is 1.55. The summed E-state index contributed by atoms with van der Waals surface area (Å²) in [6.45, 7) is 1.84. The fourth-order valence-corrected chi connectivity index (χ4v) is 2.52. The van der Waals surface area contributed by atoms with Crippen LogP contribution in [0.15, 0.2) is 41.1 Å². The third-order valence-corrected chi connectivity index (χ3v) is 3.62. The second-order valence-corrected chi connectivity index (χ2v) is 4.90. The van der Waals surface area contributed by atoms with Crippen LogP contribution in [0.2, 0.25) is 0 Å². The van der Waals surface area contributed by atoms with E-state index in [9.17, 15) is 5.11 Å². The van der Waals surface area contributed by atoms with Gasteiger partial charge in [-0.05, 0) is 12.5 Å². The number of rotatable bonds is 5. The lowest BCUT2D eigenvalue weighted by atomic mass is 10.2. The quantitative estimate of drug-likeness (QED) is 0.885. The molecular formula is C13H15NO2S. The molecule has 2 aromatic rings. The molecule has 0 amide bonds. The number of hydrogen-bond donors (Lipinski definition) is 1. The molecule has 0 aliphatic heterocycles. The van der Waals surface area contributed by atoms with E-state index in [-0.39, 0.29) is 0 Å². The van der Waals surface area contributed by atoms with Crippen molar-refractivity contribution in [2.45, 2.75) is 18.8 Å². The van der Waals surface area contributed by atoms with Crippen LogP contribution in [0.4, 0.5) is 0 Å². The first-order valence-electron chi connectivity index (χ1n) is 5.48. The minimum atomic E-state index is -0.505. The number of aliphatic hydroxyl groups is 1. The van der Waals surface area contributed by atoms with Crippen LogP contribution < -0.4 is 0 Å². The normalized spacial score (nSPS) is 12.6. The maximum Gasteiger partial charge on any atom is 0.129 e. The molecule has 0 aliphatic carbocycles. The van der Waals surface area contributed by atoms with E-state index in [1.807, 2.05) is 25.1 Å². The van der Waals surface area contributed by atoms with Gasteiger partial charge >= 0.3 is 0 Å². The predicted octanol–water partition coefficient (Wildman–Crippen LogP) is 2.95. The molecule has 0 bridgehead atoms. The molecule has 0 saturated heterocycles. The van der Waals surface area contributed by atoms with Crippen LogP contribution in [-0.4, -0.2) is 16.0 Å². The zero-order chi connectivity index (χ0) is 12.1. The predicted molar refractivity (Wildman–Crippen MR) is 68.8 cm³/mol. The van der Waals surface area contributed by atoms with Gasteiger partial charge in [-0.2, -0.15) is 11.8 Å². The molecule has 0 unspecified atom stereocenters. The maximum atomic E-state index is 9.95. The highest BCUT2D eigenvalue weighted by molar-refractivity contribution is 7.98. The molecule has 0 aliphatic rings. The monoisotopic (exact) mass is 249 g/mol. The Bertz CT molecular complexity index is 455. The molecule has 0 radical (unpaired) electrons. The Kier molecular flexibility index (Phi) is 4.23. The van der Waals surface area contributed by atoms with Gasteiger partial charge < -0.3 is 9.63 Å². The lowest BCUT2D eigenvalue weighted by Gasteiger charge is -2.08. The molecule has 1 atom stereocenters. The van der Waals surface area contributed by atoms with Crippen LogP contribution in [0.25, 0.3) is 0 Å². The molecule has 90 valence electrons. The summed E-state index contributed by atoms with van der Waals surface area (Å²) in [6.07, 6.45) is 1.01. The number of thioether (sulfide) groups is 1. The van der Waals surface area contributed by atoms with Crippen molar-refractivity contribution in [1.29, 1.82) is 0 Å². The van der Waals surface area contributed by atoms with Crippen molar-refractivity contribution in [2.75, 3.05) is 5.75 Å². The Morgan fingerprint density at radius 2 is 2.12 bits per heavy atom. The summed E-state index contributed by atoms with van der Waals surface area (Å²) < 4.78 is 4.81. The SMILES string of the molecule is Cc1nocc1[C@H](O)CSCc1ccccc1. The summed E-state index contributed by atoms with van der Waals surface area (Å²) >= 11 is 1.70. The van der Waals surface area contributed by atoms with Crippen LogP contribution in [-0.2, 0) is 5.75 Å². The Morgan fingerprint density at radius 3 is 2.76 bits per heavy atom. The second kappa shape index (κ2) is 5.89. The zero-order valence-corrected chi connectivity index (χ0v) is 10.5. The van der Waals surface area contributed by atoms with E-state index in [0.29, 0.717) is 5.75 Å². The molecule has 1 aromatic carbocycles. The van der Waals surface area contributed by atoms with Crippen LogP contribution in [0, 0.1) is 6.92 Å². The maximum absolute atomic E-state index is 9.95. The van der Waals surface area contributed by atoms with Crippen molar-refractivity contribution < 1.29 is 9.63 Å². The van der Waals surface area contributed by atoms with Gasteiger partial charge in [0.25, 0.3) is 0 Å². The molecule has 2 rings (SSSR count). The largest absolute Gasteiger partial charge is 0.387 e. The summed E-state index contributed by atoms with van der Waals surface area (Å²) in [7, 11) is 0. The van der Waals surface area contributed by atoms with E-state index in [1.165, 1.54) is 11.8 Å². The highest BCUT2D eigenvalue weighted by Gasteiger charge is 2.13. The van der Waals surface area contributed by atoms with Gasteiger partial charge in [0.05, 0.1) is 11.8 Å². The van der Waals surface area contributed by atoms with E-state index in [2.05, 4.69) is 17.3 Å². The van der Waals surface area contributed by atoms with Gasteiger partial charge in [0.15, 0.2) is 0 Å². The zero-order valence-electron chi connectivity index (χ0n) is 9.67. The third kappa shape index (κ3) is 3.35. The minimum Gasteiger partial charge on any atom is -0.387 e. The Morgan fingerprint density at radius 1 is 1.35 bits per heavy atom. The summed E-state index contributed by atoms with van der Waals surface area (Å²) in [4.78, 5) is 0. The van der Waals surface area contributed by atoms with Crippen LogP contribution in [0.5, 0.6) is 0 Å². The first kappa shape index (κ1) is 12.2. The van der Waals surface area contributed by atoms with Crippen LogP contribution in [0.3, 0.4) is 0 Å². The summed E-state index contributed by atoms with van der Waals surface area (Å²) in [5, 5.41) is 13.7. The van der Waals surface area contributed by atoms with Crippen molar-refractivity contribution in [2.24, 2.45) is 0 Å². The van der Waals surface area contributed by atoms with E-state index >= 15 is 0 Å². The molecule has 1 N–H and O–H groups in total. The highest BCUT2D eigenvalue weighted by atomic mass is 32.2. The molecule has 4 heteroatoms. The van der Waals surface area contributed by atoms with Crippen molar-refractivity contribution >= 4 is 11.8 Å². The topological polar surface area (TPSA) is 46.3 Å². The smallest absolute Gasteiger partial charge is 0.129 e. The van der Waals surface area contributed by atoms with E-state index in [1.54, 1.807) is 11.8 Å². The van der Waals surface area contributed by atoms with Gasteiger partial charge in [-0.25, -0.2) is 0 Å². The fourth-order valence-electron chi connectivity index (χ4n) is 1.57. The van der Waals surface area contributed by atoms with Crippen LogP contribution in [0.1, 0.15) is 22.9 Å². The van der Waals surface area contributed by atoms with Crippen LogP contribution >= 0.6 is 11.8 Å². The average molecular weight is 249 g/mol. The number of nitrogens with zero attached hydrogens (tertiary/aromatic N) is 1. The molecule has 0 spiro atoms. The Hall–Kier alpha value is -1.26. The highest BCUT2D eigenvalue weighted by Crippen LogP contribution is 2.22. The van der Waals surface area contributed by atoms with Gasteiger partial charge in [0.2, 0.25) is 0 Å². The lowest BCUT2D eigenvalue weighted by molar-refractivity contribution is 0.202. The second-order valence-electron chi connectivity index (χ2n) is 3.87. The van der Waals surface area contributed by atoms with Gasteiger partial charge in [-0.15, -0.1) is 0 Å². The first-order valence-corrected chi connectivity index (χ1v) is 6.63. The third-order valence-electron chi connectivity index (χ3n) is 2.53. The van der Waals surface area contributed by atoms with Gasteiger partial charge in [-0.3, -0.25) is 0 Å². The van der Waals surface area contributed by atoms with E-state index in [4.69, 9.17) is 4.52 Å². The standard InChI is InChI=1S/C13H15NO2S/c1-10-12(7-16-14-10)13(15)9-17-8-11-5-3-2-4-6-11/h2-7,13,15H,8-9H2,1H3/t13-/m1/s1. The van der Waals surface area contributed by atoms with Crippen molar-refractivity contribution in [1.82, 2.24) is 5.16 Å². The first-order chi connectivity index (χ1) is 8.27. The number of aryl methyl sites for hydroxylation is 1. The van der Waals surface area contributed by atoms with E-state index in [0.717, 1.165) is 17.0 Å². The molecule has 0 saturated carbocycles. The average Bonchev–Trinajstić information content (AvgIpc) is 2.77. The molecule has 17 heavy (non-hydrogen) atoms. The van der Waals surface area contributed by atoms with Crippen molar-refractivity contribution in [3.8, 4) is 0 Å². The number of aromatic nitrogens is 1. The fraction of sp³-hybridized carbons (Fsp3) is 0.308. The van der Waals surface area contributed by atoms with Crippen molar-refractivity contribution in [3.05, 3.63) is 53.4 Å². The van der Waals surface area contributed by atoms with Crippen molar-refractivity contribution in [3.63, 3.8) is 0 Å². The Balaban J connectivity index is 1.81. The summed E-state index contributed by atoms with van der Waals surface area (Å²) in [5.41, 5.74) is 2.81. The number of benzene rings is 1. The minimum absolute atomic E-state index is 0.505. The molecular weight excluding hydrogens is 234 g/mol. The number of aliphatic hydroxyl groups excluding tert-OH is 1. The molecule has 0 fully saturated rings. The lowest BCUT2D eigenvalue weighted by Crippen LogP contribution is -2.01. The van der Waals surface area contributed by atoms with E-state index < -0.39 is 6.10 Å². The Labute approximate surface area is 105 Å². The van der Waals surface area contributed by atoms with Gasteiger partial charge in [0, 0.05) is 17.1 Å². The molecule has 1 heterocycles. The van der Waals surface area contributed by atoms with Gasteiger partial charge in [0.1, 0.15) is 6.26 Å². The molecule has 1 aromatic heterocycles.